The van der Waals surface area contributed by atoms with Gasteiger partial charge in [0.1, 0.15) is 12.2 Å². The minimum absolute atomic E-state index is 0.251. The number of benzene rings is 1. The zero-order chi connectivity index (χ0) is 18.9. The maximum absolute atomic E-state index is 12.7. The largest absolute Gasteiger partial charge is 0.493 e. The monoisotopic (exact) mass is 371 g/mol. The van der Waals surface area contributed by atoms with Crippen LogP contribution in [0, 0.1) is 5.92 Å². The lowest BCUT2D eigenvalue weighted by molar-refractivity contribution is -0.0454. The summed E-state index contributed by atoms with van der Waals surface area (Å²) < 4.78 is 17.3. The van der Waals surface area contributed by atoms with Gasteiger partial charge in [-0.2, -0.15) is 0 Å². The fourth-order valence-electron chi connectivity index (χ4n) is 5.85. The standard InChI is InChI=1S/C21H25NO5/c1-4-26-20(24)12-10-16(25-3)18-17-11(12)9-14-13-5-6-15(23)19(27-18)21(13,17)7-8-22(14)2/h5-6,10,13-15,19,23H,4,7-9H2,1-3H3/t13-,14-,15+,19+,21+/m1/s1. The highest BCUT2D eigenvalue weighted by atomic mass is 16.5. The summed E-state index contributed by atoms with van der Waals surface area (Å²) in [6.07, 6.45) is 4.66. The summed E-state index contributed by atoms with van der Waals surface area (Å²) in [5.41, 5.74) is 2.32. The predicted octanol–water partition coefficient (Wildman–Crippen LogP) is 1.68. The van der Waals surface area contributed by atoms with Crippen molar-refractivity contribution >= 4 is 5.97 Å². The third kappa shape index (κ3) is 2.00. The Hall–Kier alpha value is -2.05. The number of rotatable bonds is 3. The molecule has 6 nitrogen and oxygen atoms in total. The van der Waals surface area contributed by atoms with Crippen molar-refractivity contribution in [3.8, 4) is 11.5 Å². The third-order valence-electron chi connectivity index (χ3n) is 6.98. The Morgan fingerprint density at radius 2 is 2.26 bits per heavy atom. The Balaban J connectivity index is 1.81. The molecule has 144 valence electrons. The topological polar surface area (TPSA) is 68.2 Å². The van der Waals surface area contributed by atoms with Crippen LogP contribution in [0.5, 0.6) is 11.5 Å². The summed E-state index contributed by atoms with van der Waals surface area (Å²) in [5, 5.41) is 10.7. The molecule has 1 aromatic carbocycles. The zero-order valence-electron chi connectivity index (χ0n) is 15.9. The third-order valence-corrected chi connectivity index (χ3v) is 6.98. The SMILES string of the molecule is CCOC(=O)c1cc(OC)c2c3c1C[C@@H]1[C@H]4C=C[C@H](O)[C@H](O2)[C@]34CCN1C. The Bertz CT molecular complexity index is 849. The minimum Gasteiger partial charge on any atom is -0.493 e. The lowest BCUT2D eigenvalue weighted by Gasteiger charge is -2.56. The maximum atomic E-state index is 12.7. The van der Waals surface area contributed by atoms with Gasteiger partial charge in [0.05, 0.1) is 19.3 Å². The molecule has 2 aliphatic carbocycles. The first kappa shape index (κ1) is 17.1. The van der Waals surface area contributed by atoms with Crippen LogP contribution in [0.25, 0.3) is 0 Å². The van der Waals surface area contributed by atoms with Crippen LogP contribution in [0.1, 0.15) is 34.8 Å². The van der Waals surface area contributed by atoms with E-state index in [1.54, 1.807) is 13.2 Å². The van der Waals surface area contributed by atoms with E-state index in [2.05, 4.69) is 18.0 Å². The van der Waals surface area contributed by atoms with Crippen LogP contribution >= 0.6 is 0 Å². The van der Waals surface area contributed by atoms with Crippen molar-refractivity contribution in [2.24, 2.45) is 5.92 Å². The molecule has 5 atom stereocenters. The zero-order valence-corrected chi connectivity index (χ0v) is 15.9. The van der Waals surface area contributed by atoms with Crippen LogP contribution in [0.15, 0.2) is 18.2 Å². The maximum Gasteiger partial charge on any atom is 0.338 e. The Morgan fingerprint density at radius 1 is 1.44 bits per heavy atom. The highest BCUT2D eigenvalue weighted by Crippen LogP contribution is 2.63. The molecule has 4 aliphatic rings. The van der Waals surface area contributed by atoms with Crippen molar-refractivity contribution in [2.45, 2.75) is 43.4 Å². The van der Waals surface area contributed by atoms with Crippen molar-refractivity contribution < 1.29 is 24.1 Å². The van der Waals surface area contributed by atoms with Gasteiger partial charge in [0.15, 0.2) is 11.5 Å². The van der Waals surface area contributed by atoms with Gasteiger partial charge in [-0.05, 0) is 45.0 Å². The highest BCUT2D eigenvalue weighted by Gasteiger charge is 2.64. The van der Waals surface area contributed by atoms with Crippen LogP contribution < -0.4 is 9.47 Å². The predicted molar refractivity (Wildman–Crippen MR) is 98.4 cm³/mol. The first-order chi connectivity index (χ1) is 13.0. The number of aliphatic hydroxyl groups excluding tert-OH is 1. The van der Waals surface area contributed by atoms with E-state index in [1.807, 2.05) is 13.0 Å². The van der Waals surface area contributed by atoms with Gasteiger partial charge in [-0.15, -0.1) is 0 Å². The molecule has 0 unspecified atom stereocenters. The minimum atomic E-state index is -0.667. The van der Waals surface area contributed by atoms with Crippen LogP contribution in [0.3, 0.4) is 0 Å². The van der Waals surface area contributed by atoms with E-state index in [9.17, 15) is 9.90 Å². The number of likely N-dealkylation sites (tertiary alicyclic amines) is 1. The van der Waals surface area contributed by atoms with E-state index in [-0.39, 0.29) is 29.4 Å². The van der Waals surface area contributed by atoms with Gasteiger partial charge >= 0.3 is 5.97 Å². The van der Waals surface area contributed by atoms with Gasteiger partial charge in [0, 0.05) is 22.9 Å². The number of carbonyl (C=O) groups is 1. The quantitative estimate of drug-likeness (QED) is 0.644. The normalized spacial score (nSPS) is 35.4. The molecular formula is C21H25NO5. The van der Waals surface area contributed by atoms with Crippen molar-refractivity contribution in [3.05, 3.63) is 34.9 Å². The van der Waals surface area contributed by atoms with E-state index in [4.69, 9.17) is 14.2 Å². The van der Waals surface area contributed by atoms with Crippen molar-refractivity contribution in [1.29, 1.82) is 0 Å². The molecular weight excluding hydrogens is 346 g/mol. The van der Waals surface area contributed by atoms with E-state index in [0.717, 1.165) is 30.5 Å². The van der Waals surface area contributed by atoms with Gasteiger partial charge in [-0.1, -0.05) is 12.2 Å². The molecule has 0 amide bonds. The molecule has 0 radical (unpaired) electrons. The number of hydrogen-bond acceptors (Lipinski definition) is 6. The second kappa shape index (κ2) is 5.72. The number of likely N-dealkylation sites (N-methyl/N-ethyl adjacent to an activating group) is 1. The number of ether oxygens (including phenoxy) is 3. The summed E-state index contributed by atoms with van der Waals surface area (Å²) in [6.45, 7) is 3.08. The molecule has 2 heterocycles. The number of hydrogen-bond donors (Lipinski definition) is 1. The molecule has 1 aromatic rings. The fraction of sp³-hybridized carbons (Fsp3) is 0.571. The molecule has 0 saturated carbocycles. The van der Waals surface area contributed by atoms with Crippen molar-refractivity contribution in [2.75, 3.05) is 27.3 Å². The molecule has 5 rings (SSSR count). The molecule has 6 heteroatoms. The number of esters is 1. The van der Waals surface area contributed by atoms with Gasteiger partial charge in [-0.3, -0.25) is 0 Å². The molecule has 0 aromatic heterocycles. The van der Waals surface area contributed by atoms with E-state index >= 15 is 0 Å². The first-order valence-electron chi connectivity index (χ1n) is 9.67. The summed E-state index contributed by atoms with van der Waals surface area (Å²) in [5.74, 6) is 1.17. The number of aliphatic hydroxyl groups is 1. The summed E-state index contributed by atoms with van der Waals surface area (Å²) in [7, 11) is 3.73. The molecule has 1 N–H and O–H groups in total. The molecule has 2 aliphatic heterocycles. The molecule has 2 bridgehead atoms. The Kier molecular flexibility index (Phi) is 3.62. The molecule has 27 heavy (non-hydrogen) atoms. The number of methoxy groups -OCH3 is 1. The lowest BCUT2D eigenvalue weighted by Crippen LogP contribution is -2.64. The average Bonchev–Trinajstić information content (AvgIpc) is 3.01. The number of nitrogens with zero attached hydrogens (tertiary/aromatic N) is 1. The summed E-state index contributed by atoms with van der Waals surface area (Å²) >= 11 is 0. The number of carbonyl (C=O) groups excluding carboxylic acids is 1. The highest BCUT2D eigenvalue weighted by molar-refractivity contribution is 5.93. The van der Waals surface area contributed by atoms with Gasteiger partial charge < -0.3 is 24.2 Å². The van der Waals surface area contributed by atoms with Crippen molar-refractivity contribution in [1.82, 2.24) is 4.90 Å². The van der Waals surface area contributed by atoms with Crippen LogP contribution in [0.2, 0.25) is 0 Å². The second-order valence-electron chi connectivity index (χ2n) is 8.01. The van der Waals surface area contributed by atoms with Gasteiger partial charge in [-0.25, -0.2) is 4.79 Å². The van der Waals surface area contributed by atoms with Crippen molar-refractivity contribution in [3.63, 3.8) is 0 Å². The fourth-order valence-corrected chi connectivity index (χ4v) is 5.85. The Morgan fingerprint density at radius 3 is 3.00 bits per heavy atom. The number of piperidine rings is 1. The molecule has 1 spiro atoms. The van der Waals surface area contributed by atoms with E-state index in [1.165, 1.54) is 0 Å². The van der Waals surface area contributed by atoms with Gasteiger partial charge in [0.25, 0.3) is 0 Å². The second-order valence-corrected chi connectivity index (χ2v) is 8.01. The smallest absolute Gasteiger partial charge is 0.338 e. The molecule has 1 fully saturated rings. The van der Waals surface area contributed by atoms with E-state index in [0.29, 0.717) is 23.7 Å². The van der Waals surface area contributed by atoms with Crippen LogP contribution in [0.4, 0.5) is 0 Å². The Labute approximate surface area is 158 Å². The van der Waals surface area contributed by atoms with Crippen LogP contribution in [-0.4, -0.2) is 61.5 Å². The summed E-state index contributed by atoms with van der Waals surface area (Å²) in [4.78, 5) is 15.1. The summed E-state index contributed by atoms with van der Waals surface area (Å²) in [6, 6.07) is 2.02. The lowest BCUT2D eigenvalue weighted by atomic mass is 9.53. The van der Waals surface area contributed by atoms with Gasteiger partial charge in [0.2, 0.25) is 0 Å². The average molecular weight is 371 g/mol. The first-order valence-corrected chi connectivity index (χ1v) is 9.67. The van der Waals surface area contributed by atoms with E-state index < -0.39 is 6.10 Å². The van der Waals surface area contributed by atoms with Crippen LogP contribution in [-0.2, 0) is 16.6 Å². The molecule has 1 saturated heterocycles.